The maximum Gasteiger partial charge on any atom is 0.251 e. The second-order valence-corrected chi connectivity index (χ2v) is 11.0. The van der Waals surface area contributed by atoms with E-state index in [-0.39, 0.29) is 12.7 Å². The fourth-order valence-corrected chi connectivity index (χ4v) is 5.10. The molecule has 5 rings (SSSR count). The molecule has 0 saturated heterocycles. The quantitative estimate of drug-likeness (QED) is 0.426. The van der Waals surface area contributed by atoms with Crippen LogP contribution in [-0.4, -0.2) is 57.6 Å². The van der Waals surface area contributed by atoms with Crippen LogP contribution in [0.5, 0.6) is 23.0 Å². The fraction of sp³-hybridized carbons (Fsp3) is 0.424. The fourth-order valence-electron chi connectivity index (χ4n) is 5.10. The first-order chi connectivity index (χ1) is 20.0. The molecule has 0 radical (unpaired) electrons. The van der Waals surface area contributed by atoms with Gasteiger partial charge in [-0.05, 0) is 71.5 Å². The van der Waals surface area contributed by atoms with Crippen molar-refractivity contribution in [2.45, 2.75) is 39.8 Å². The molecule has 218 valence electrons. The zero-order chi connectivity index (χ0) is 28.6. The van der Waals surface area contributed by atoms with E-state index in [1.807, 2.05) is 24.3 Å². The normalized spacial score (nSPS) is 15.5. The summed E-state index contributed by atoms with van der Waals surface area (Å²) in [6.45, 7) is 9.48. The van der Waals surface area contributed by atoms with Crippen molar-refractivity contribution in [2.24, 2.45) is 5.92 Å². The van der Waals surface area contributed by atoms with Crippen LogP contribution in [0.2, 0.25) is 0 Å². The number of nitrogens with zero attached hydrogens (tertiary/aromatic N) is 1. The monoisotopic (exact) mass is 560 g/mol. The number of methoxy groups -OCH3 is 1. The molecular formula is C33H40N2O6. The van der Waals surface area contributed by atoms with Gasteiger partial charge in [0.1, 0.15) is 12.4 Å². The SMILES string of the molecule is COc1cc(CNC(=O)c2ccc3c(c2)Cc2cccc(c2)CN(CCC(C)C)CCOCCO3)cc2c1OCO2. The number of carbonyl (C=O) groups is 1. The van der Waals surface area contributed by atoms with Gasteiger partial charge in [0.05, 0.1) is 20.3 Å². The van der Waals surface area contributed by atoms with Gasteiger partial charge in [0.25, 0.3) is 5.91 Å². The van der Waals surface area contributed by atoms with E-state index in [1.54, 1.807) is 13.2 Å². The van der Waals surface area contributed by atoms with Crippen LogP contribution >= 0.6 is 0 Å². The summed E-state index contributed by atoms with van der Waals surface area (Å²) in [4.78, 5) is 15.7. The predicted molar refractivity (Wildman–Crippen MR) is 157 cm³/mol. The van der Waals surface area contributed by atoms with Gasteiger partial charge in [0.15, 0.2) is 11.5 Å². The minimum absolute atomic E-state index is 0.157. The Bertz CT molecular complexity index is 1340. The molecule has 0 spiro atoms. The summed E-state index contributed by atoms with van der Waals surface area (Å²) in [6, 6.07) is 18.0. The highest BCUT2D eigenvalue weighted by Gasteiger charge is 2.20. The third-order valence-corrected chi connectivity index (χ3v) is 7.35. The minimum Gasteiger partial charge on any atom is -0.493 e. The van der Waals surface area contributed by atoms with Crippen LogP contribution in [0.4, 0.5) is 0 Å². The number of amides is 1. The lowest BCUT2D eigenvalue weighted by molar-refractivity contribution is 0.0764. The van der Waals surface area contributed by atoms with Crippen LogP contribution in [0.15, 0.2) is 54.6 Å². The van der Waals surface area contributed by atoms with Gasteiger partial charge in [-0.15, -0.1) is 0 Å². The molecule has 0 aromatic heterocycles. The maximum atomic E-state index is 13.2. The molecule has 0 atom stereocenters. The van der Waals surface area contributed by atoms with Crippen LogP contribution in [0, 0.1) is 5.92 Å². The standard InChI is InChI=1S/C33H40N2O6/c1-23(2)9-10-35-11-12-38-13-14-39-29-8-7-27(19-28(29)16-24-5-4-6-25(15-24)21-35)33(36)34-20-26-17-30(37-3)32-31(18-26)40-22-41-32/h4-8,15,17-19,23H,9-14,16,20-22H2,1-3H3,(H,34,36). The zero-order valence-electron chi connectivity index (χ0n) is 24.2. The first-order valence-corrected chi connectivity index (χ1v) is 14.4. The van der Waals surface area contributed by atoms with E-state index in [1.165, 1.54) is 11.1 Å². The van der Waals surface area contributed by atoms with E-state index in [0.717, 1.165) is 42.9 Å². The number of fused-ring (bicyclic) bond motifs is 4. The minimum atomic E-state index is -0.165. The molecule has 41 heavy (non-hydrogen) atoms. The smallest absolute Gasteiger partial charge is 0.251 e. The van der Waals surface area contributed by atoms with Gasteiger partial charge in [-0.2, -0.15) is 0 Å². The Balaban J connectivity index is 1.32. The average molecular weight is 561 g/mol. The Morgan fingerprint density at radius 3 is 2.71 bits per heavy atom. The first kappa shape index (κ1) is 28.8. The van der Waals surface area contributed by atoms with Gasteiger partial charge < -0.3 is 29.0 Å². The molecule has 3 aromatic carbocycles. The molecule has 2 bridgehead atoms. The lowest BCUT2D eigenvalue weighted by atomic mass is 9.99. The Morgan fingerprint density at radius 1 is 0.976 bits per heavy atom. The molecule has 1 amide bonds. The number of nitrogens with one attached hydrogen (secondary N) is 1. The Morgan fingerprint density at radius 2 is 1.85 bits per heavy atom. The van der Waals surface area contributed by atoms with Crippen LogP contribution < -0.4 is 24.3 Å². The van der Waals surface area contributed by atoms with Crippen molar-refractivity contribution in [2.75, 3.05) is 46.8 Å². The molecule has 8 heteroatoms. The van der Waals surface area contributed by atoms with Gasteiger partial charge in [-0.25, -0.2) is 0 Å². The topological polar surface area (TPSA) is 78.5 Å². The molecule has 0 unspecified atom stereocenters. The Labute approximate surface area is 242 Å². The summed E-state index contributed by atoms with van der Waals surface area (Å²) in [5.41, 5.74) is 4.87. The molecule has 8 nitrogen and oxygen atoms in total. The van der Waals surface area contributed by atoms with Crippen molar-refractivity contribution in [3.8, 4) is 23.0 Å². The van der Waals surface area contributed by atoms with Gasteiger partial charge >= 0.3 is 0 Å². The van der Waals surface area contributed by atoms with E-state index in [0.29, 0.717) is 61.5 Å². The maximum absolute atomic E-state index is 13.2. The molecule has 2 aliphatic rings. The van der Waals surface area contributed by atoms with E-state index in [4.69, 9.17) is 23.7 Å². The van der Waals surface area contributed by atoms with Gasteiger partial charge in [0.2, 0.25) is 12.5 Å². The summed E-state index contributed by atoms with van der Waals surface area (Å²) < 4.78 is 28.5. The summed E-state index contributed by atoms with van der Waals surface area (Å²) in [6.07, 6.45) is 1.82. The summed E-state index contributed by atoms with van der Waals surface area (Å²) in [5, 5.41) is 3.02. The zero-order valence-corrected chi connectivity index (χ0v) is 24.2. The highest BCUT2D eigenvalue weighted by atomic mass is 16.7. The van der Waals surface area contributed by atoms with Gasteiger partial charge in [-0.1, -0.05) is 38.1 Å². The molecule has 2 aliphatic heterocycles. The van der Waals surface area contributed by atoms with E-state index in [9.17, 15) is 4.79 Å². The predicted octanol–water partition coefficient (Wildman–Crippen LogP) is 5.20. The first-order valence-electron chi connectivity index (χ1n) is 14.4. The summed E-state index contributed by atoms with van der Waals surface area (Å²) >= 11 is 0. The van der Waals surface area contributed by atoms with Gasteiger partial charge in [-0.3, -0.25) is 9.69 Å². The highest BCUT2D eigenvalue weighted by Crippen LogP contribution is 2.41. The molecule has 1 N–H and O–H groups in total. The number of hydrogen-bond donors (Lipinski definition) is 1. The van der Waals surface area contributed by atoms with E-state index in [2.05, 4.69) is 48.3 Å². The van der Waals surface area contributed by atoms with Gasteiger partial charge in [0, 0.05) is 31.6 Å². The molecule has 0 saturated carbocycles. The molecule has 0 aliphatic carbocycles. The van der Waals surface area contributed by atoms with Crippen molar-refractivity contribution < 1.29 is 28.5 Å². The summed E-state index contributed by atoms with van der Waals surface area (Å²) in [7, 11) is 1.58. The van der Waals surface area contributed by atoms with E-state index >= 15 is 0 Å². The Kier molecular flexibility index (Phi) is 9.64. The summed E-state index contributed by atoms with van der Waals surface area (Å²) in [5.74, 6) is 3.06. The van der Waals surface area contributed by atoms with Crippen LogP contribution in [-0.2, 0) is 24.2 Å². The highest BCUT2D eigenvalue weighted by molar-refractivity contribution is 5.94. The average Bonchev–Trinajstić information content (AvgIpc) is 3.45. The van der Waals surface area contributed by atoms with Crippen molar-refractivity contribution in [1.82, 2.24) is 10.2 Å². The number of rotatable bonds is 7. The molecule has 3 aromatic rings. The van der Waals surface area contributed by atoms with Crippen molar-refractivity contribution in [3.63, 3.8) is 0 Å². The molecular weight excluding hydrogens is 520 g/mol. The van der Waals surface area contributed by atoms with Crippen molar-refractivity contribution in [1.29, 1.82) is 0 Å². The lowest BCUT2D eigenvalue weighted by Crippen LogP contribution is -2.29. The second kappa shape index (κ2) is 13.7. The largest absolute Gasteiger partial charge is 0.493 e. The number of hydrogen-bond acceptors (Lipinski definition) is 7. The number of carbonyl (C=O) groups excluding carboxylic acids is 1. The van der Waals surface area contributed by atoms with Crippen LogP contribution in [0.1, 0.15) is 52.9 Å². The number of benzene rings is 3. The molecule has 0 fully saturated rings. The lowest BCUT2D eigenvalue weighted by Gasteiger charge is -2.24. The van der Waals surface area contributed by atoms with Crippen molar-refractivity contribution >= 4 is 5.91 Å². The third-order valence-electron chi connectivity index (χ3n) is 7.35. The third kappa shape index (κ3) is 7.71. The van der Waals surface area contributed by atoms with E-state index < -0.39 is 0 Å². The number of ether oxygens (including phenoxy) is 5. The molecule has 2 heterocycles. The van der Waals surface area contributed by atoms with Crippen LogP contribution in [0.3, 0.4) is 0 Å². The van der Waals surface area contributed by atoms with Crippen molar-refractivity contribution in [3.05, 3.63) is 82.4 Å². The Hall–Kier alpha value is -3.75. The second-order valence-electron chi connectivity index (χ2n) is 11.0. The van der Waals surface area contributed by atoms with Crippen LogP contribution in [0.25, 0.3) is 0 Å².